The fraction of sp³-hybridized carbons (Fsp3) is 0.646. The molecule has 0 aliphatic carbocycles. The van der Waals surface area contributed by atoms with Crippen LogP contribution in [0.25, 0.3) is 0 Å². The molecule has 0 saturated heterocycles. The van der Waals surface area contributed by atoms with Gasteiger partial charge in [0.25, 0.3) is 0 Å². The van der Waals surface area contributed by atoms with Crippen molar-refractivity contribution in [1.82, 2.24) is 0 Å². The molecule has 8 nitrogen and oxygen atoms in total. The SMILES string of the molecule is CC/C=C\C/C=C\C/C=C\C/C=C\C/C=C\C/C=C\CCC(=O)OC(COCCC(C(=O)[O-])[N+](C)(C)C)COC(=O)CCCCCCC/C=C\CCCCCC. The molecule has 0 aromatic carbocycles. The summed E-state index contributed by atoms with van der Waals surface area (Å²) in [6.07, 6.45) is 49.1. The van der Waals surface area contributed by atoms with Crippen LogP contribution in [-0.4, -0.2) is 75.5 Å². The molecule has 0 spiro atoms. The van der Waals surface area contributed by atoms with E-state index in [1.54, 1.807) is 21.1 Å². The number of hydrogen-bond acceptors (Lipinski definition) is 7. The van der Waals surface area contributed by atoms with Crippen LogP contribution in [0, 0.1) is 0 Å². The van der Waals surface area contributed by atoms with E-state index in [1.165, 1.54) is 38.5 Å². The lowest BCUT2D eigenvalue weighted by atomic mass is 10.1. The molecule has 56 heavy (non-hydrogen) atoms. The molecule has 8 heteroatoms. The van der Waals surface area contributed by atoms with E-state index >= 15 is 0 Å². The van der Waals surface area contributed by atoms with Gasteiger partial charge in [0.1, 0.15) is 12.6 Å². The number of ether oxygens (including phenoxy) is 3. The Morgan fingerprint density at radius 2 is 1.04 bits per heavy atom. The lowest BCUT2D eigenvalue weighted by Gasteiger charge is -2.34. The van der Waals surface area contributed by atoms with Gasteiger partial charge >= 0.3 is 11.9 Å². The Labute approximate surface area is 342 Å². The van der Waals surface area contributed by atoms with E-state index in [0.717, 1.165) is 70.6 Å². The van der Waals surface area contributed by atoms with Gasteiger partial charge in [-0.05, 0) is 77.0 Å². The highest BCUT2D eigenvalue weighted by molar-refractivity contribution is 5.70. The van der Waals surface area contributed by atoms with Crippen molar-refractivity contribution in [2.24, 2.45) is 0 Å². The molecule has 2 unspecified atom stereocenters. The Morgan fingerprint density at radius 1 is 0.554 bits per heavy atom. The number of aliphatic carboxylic acids is 1. The third kappa shape index (κ3) is 36.2. The van der Waals surface area contributed by atoms with Gasteiger partial charge in [0.05, 0.1) is 40.3 Å². The number of unbranched alkanes of at least 4 members (excludes halogenated alkanes) is 9. The summed E-state index contributed by atoms with van der Waals surface area (Å²) in [7, 11) is 5.37. The van der Waals surface area contributed by atoms with Crippen molar-refractivity contribution in [3.8, 4) is 0 Å². The number of likely N-dealkylation sites (N-methyl/N-ethyl adjacent to an activating group) is 1. The summed E-state index contributed by atoms with van der Waals surface area (Å²) in [6.45, 7) is 4.42. The number of carboxylic acids is 1. The Bertz CT molecular complexity index is 1190. The predicted molar refractivity (Wildman–Crippen MR) is 231 cm³/mol. The first kappa shape index (κ1) is 52.5. The van der Waals surface area contributed by atoms with Crippen molar-refractivity contribution in [2.75, 3.05) is 41.0 Å². The van der Waals surface area contributed by atoms with Crippen LogP contribution < -0.4 is 5.11 Å². The van der Waals surface area contributed by atoms with Gasteiger partial charge in [-0.15, -0.1) is 0 Å². The minimum atomic E-state index is -1.14. The van der Waals surface area contributed by atoms with Crippen LogP contribution >= 0.6 is 0 Å². The zero-order valence-corrected chi connectivity index (χ0v) is 36.0. The summed E-state index contributed by atoms with van der Waals surface area (Å²) >= 11 is 0. The smallest absolute Gasteiger partial charge is 0.306 e. The zero-order chi connectivity index (χ0) is 41.4. The minimum Gasteiger partial charge on any atom is -0.544 e. The van der Waals surface area contributed by atoms with Crippen molar-refractivity contribution >= 4 is 17.9 Å². The maximum atomic E-state index is 12.7. The van der Waals surface area contributed by atoms with E-state index in [1.807, 2.05) is 12.2 Å². The number of rotatable bonds is 37. The molecule has 318 valence electrons. The molecule has 0 saturated carbocycles. The first-order valence-corrected chi connectivity index (χ1v) is 21.6. The number of hydrogen-bond donors (Lipinski definition) is 0. The summed E-state index contributed by atoms with van der Waals surface area (Å²) in [6, 6.07) is -0.744. The minimum absolute atomic E-state index is 0.00300. The van der Waals surface area contributed by atoms with E-state index in [-0.39, 0.29) is 43.1 Å². The van der Waals surface area contributed by atoms with Gasteiger partial charge in [0.15, 0.2) is 6.10 Å². The van der Waals surface area contributed by atoms with Crippen LogP contribution in [0.3, 0.4) is 0 Å². The molecule has 0 aliphatic heterocycles. The van der Waals surface area contributed by atoms with Crippen molar-refractivity contribution in [2.45, 2.75) is 161 Å². The summed E-state index contributed by atoms with van der Waals surface area (Å²) in [4.78, 5) is 36.8. The summed E-state index contributed by atoms with van der Waals surface area (Å²) in [5.74, 6) is -1.87. The quantitative estimate of drug-likeness (QED) is 0.0268. The molecule has 2 atom stereocenters. The first-order valence-electron chi connectivity index (χ1n) is 21.6. The monoisotopic (exact) mass is 782 g/mol. The summed E-state index contributed by atoms with van der Waals surface area (Å²) < 4.78 is 17.0. The van der Waals surface area contributed by atoms with Crippen molar-refractivity contribution < 1.29 is 38.2 Å². The number of carboxylic acid groups (broad SMARTS) is 1. The largest absolute Gasteiger partial charge is 0.544 e. The maximum absolute atomic E-state index is 12.7. The highest BCUT2D eigenvalue weighted by Crippen LogP contribution is 2.11. The molecule has 0 aromatic heterocycles. The van der Waals surface area contributed by atoms with E-state index in [4.69, 9.17) is 14.2 Å². The van der Waals surface area contributed by atoms with Crippen molar-refractivity contribution in [3.63, 3.8) is 0 Å². The number of carbonyl (C=O) groups is 3. The first-order chi connectivity index (χ1) is 27.1. The van der Waals surface area contributed by atoms with Gasteiger partial charge in [0, 0.05) is 19.3 Å². The fourth-order valence-corrected chi connectivity index (χ4v) is 5.68. The molecule has 0 heterocycles. The van der Waals surface area contributed by atoms with Crippen LogP contribution in [0.4, 0.5) is 0 Å². The van der Waals surface area contributed by atoms with E-state index < -0.39 is 24.1 Å². The molecule has 0 N–H and O–H groups in total. The lowest BCUT2D eigenvalue weighted by molar-refractivity contribution is -0.889. The second kappa shape index (κ2) is 38.4. The van der Waals surface area contributed by atoms with Crippen LogP contribution in [0.5, 0.6) is 0 Å². The molecule has 0 bridgehead atoms. The molecular formula is C48H79NO7. The van der Waals surface area contributed by atoms with Gasteiger partial charge in [0.2, 0.25) is 0 Å². The average Bonchev–Trinajstić information content (AvgIpc) is 3.15. The molecule has 0 fully saturated rings. The third-order valence-corrected chi connectivity index (χ3v) is 9.03. The zero-order valence-electron chi connectivity index (χ0n) is 36.0. The van der Waals surface area contributed by atoms with E-state index in [2.05, 4.69) is 86.8 Å². The Kier molecular flexibility index (Phi) is 36.0. The van der Waals surface area contributed by atoms with Crippen LogP contribution in [0.1, 0.15) is 149 Å². The molecule has 0 aromatic rings. The molecule has 0 amide bonds. The molecule has 0 rings (SSSR count). The highest BCUT2D eigenvalue weighted by atomic mass is 16.6. The van der Waals surface area contributed by atoms with Gasteiger partial charge in [-0.1, -0.05) is 137 Å². The number of carbonyl (C=O) groups excluding carboxylic acids is 3. The van der Waals surface area contributed by atoms with Gasteiger partial charge < -0.3 is 28.6 Å². The fourth-order valence-electron chi connectivity index (χ4n) is 5.68. The van der Waals surface area contributed by atoms with Crippen LogP contribution in [-0.2, 0) is 28.6 Å². The van der Waals surface area contributed by atoms with Crippen molar-refractivity contribution in [3.05, 3.63) is 85.1 Å². The van der Waals surface area contributed by atoms with E-state index in [0.29, 0.717) is 12.8 Å². The summed E-state index contributed by atoms with van der Waals surface area (Å²) in [5.41, 5.74) is 0. The standard InChI is InChI=1S/C48H79NO7/c1-6-8-10-12-14-16-18-20-21-22-23-24-25-27-29-31-33-35-37-39-47(51)56-44(42-54-41-40-45(48(52)53)49(3,4)5)43-55-46(50)38-36-34-32-30-28-26-19-17-15-13-11-9-7-2/h8,10,14,16-17,19-21,23-24,27,29,33,35,44-45H,6-7,9,11-13,15,18,22,25-26,28,30-32,34,36-43H2,1-5H3/b10-8-,16-14-,19-17-,21-20-,24-23-,29-27-,35-33-. The number of quaternary nitrogens is 1. The lowest BCUT2D eigenvalue weighted by Crippen LogP contribution is -2.55. The number of allylic oxidation sites excluding steroid dienone is 14. The third-order valence-electron chi connectivity index (χ3n) is 9.03. The normalized spacial score (nSPS) is 13.8. The van der Waals surface area contributed by atoms with Gasteiger partial charge in [-0.25, -0.2) is 0 Å². The Morgan fingerprint density at radius 3 is 1.55 bits per heavy atom. The van der Waals surface area contributed by atoms with Crippen LogP contribution in [0.2, 0.25) is 0 Å². The van der Waals surface area contributed by atoms with Crippen LogP contribution in [0.15, 0.2) is 85.1 Å². The average molecular weight is 782 g/mol. The van der Waals surface area contributed by atoms with E-state index in [9.17, 15) is 19.5 Å². The van der Waals surface area contributed by atoms with Gasteiger partial charge in [-0.3, -0.25) is 9.59 Å². The highest BCUT2D eigenvalue weighted by Gasteiger charge is 2.25. The Hall–Kier alpha value is -3.49. The van der Waals surface area contributed by atoms with Crippen molar-refractivity contribution in [1.29, 1.82) is 0 Å². The number of esters is 2. The van der Waals surface area contributed by atoms with Gasteiger partial charge in [-0.2, -0.15) is 0 Å². The number of nitrogens with zero attached hydrogens (tertiary/aromatic N) is 1. The predicted octanol–water partition coefficient (Wildman–Crippen LogP) is 10.4. The molecule has 0 aliphatic rings. The second-order valence-corrected chi connectivity index (χ2v) is 15.2. The Balaban J connectivity index is 4.52. The summed E-state index contributed by atoms with van der Waals surface area (Å²) in [5, 5.41) is 11.6. The topological polar surface area (TPSA) is 102 Å². The maximum Gasteiger partial charge on any atom is 0.306 e. The molecular weight excluding hydrogens is 703 g/mol. The molecule has 0 radical (unpaired) electrons. The second-order valence-electron chi connectivity index (χ2n) is 15.2.